The Bertz CT molecular complexity index is 1300. The number of carbonyl (C=O) groups is 4. The first-order chi connectivity index (χ1) is 23.7. The van der Waals surface area contributed by atoms with Gasteiger partial charge in [0.25, 0.3) is 0 Å². The molecule has 4 rings (SSSR count). The van der Waals surface area contributed by atoms with Crippen LogP contribution in [0.4, 0.5) is 21.0 Å². The summed E-state index contributed by atoms with van der Waals surface area (Å²) in [5, 5.41) is 5.56. The van der Waals surface area contributed by atoms with Crippen LogP contribution in [-0.4, -0.2) is 121 Å². The van der Waals surface area contributed by atoms with E-state index in [9.17, 15) is 19.2 Å². The maximum Gasteiger partial charge on any atom is 0.408 e. The van der Waals surface area contributed by atoms with Crippen molar-refractivity contribution in [1.82, 2.24) is 20.4 Å². The van der Waals surface area contributed by atoms with E-state index >= 15 is 0 Å². The average Bonchev–Trinajstić information content (AvgIpc) is 3.07. The largest absolute Gasteiger partial charge is 0.444 e. The molecule has 50 heavy (non-hydrogen) atoms. The Morgan fingerprint density at radius 2 is 0.900 bits per heavy atom. The van der Waals surface area contributed by atoms with Crippen molar-refractivity contribution in [2.45, 2.75) is 64.8 Å². The number of hydrogen-bond acceptors (Lipinski definition) is 10. The highest BCUT2D eigenvalue weighted by atomic mass is 33.1. The minimum Gasteiger partial charge on any atom is -0.444 e. The van der Waals surface area contributed by atoms with Crippen molar-refractivity contribution in [1.29, 1.82) is 0 Å². The van der Waals surface area contributed by atoms with Gasteiger partial charge in [-0.15, -0.1) is 0 Å². The van der Waals surface area contributed by atoms with Gasteiger partial charge in [-0.3, -0.25) is 9.59 Å². The number of para-hydroxylation sites is 2. The Kier molecular flexibility index (Phi) is 14.0. The molecule has 2 heterocycles. The van der Waals surface area contributed by atoms with Gasteiger partial charge in [0, 0.05) is 75.2 Å². The fourth-order valence-corrected chi connectivity index (χ4v) is 7.88. The average molecular weight is 729 g/mol. The van der Waals surface area contributed by atoms with E-state index in [0.717, 1.165) is 11.4 Å². The fraction of sp³-hybridized carbons (Fsp3) is 0.556. The summed E-state index contributed by atoms with van der Waals surface area (Å²) in [5.74, 6) is 0.107. The second-order valence-electron chi connectivity index (χ2n) is 14.3. The van der Waals surface area contributed by atoms with Crippen LogP contribution in [0.2, 0.25) is 0 Å². The zero-order chi connectivity index (χ0) is 36.3. The number of hydrogen-bond donors (Lipinski definition) is 2. The van der Waals surface area contributed by atoms with E-state index in [1.165, 1.54) is 21.6 Å². The Morgan fingerprint density at radius 3 is 1.20 bits per heavy atom. The highest BCUT2D eigenvalue weighted by molar-refractivity contribution is 8.76. The number of nitrogens with zero attached hydrogens (tertiary/aromatic N) is 4. The van der Waals surface area contributed by atoms with E-state index in [-0.39, 0.29) is 23.3 Å². The predicted molar refractivity (Wildman–Crippen MR) is 202 cm³/mol. The lowest BCUT2D eigenvalue weighted by molar-refractivity contribution is -0.133. The first kappa shape index (κ1) is 39.0. The van der Waals surface area contributed by atoms with Crippen molar-refractivity contribution in [2.24, 2.45) is 0 Å². The number of amides is 4. The summed E-state index contributed by atoms with van der Waals surface area (Å²) >= 11 is 0. The van der Waals surface area contributed by atoms with Gasteiger partial charge < -0.3 is 39.7 Å². The van der Waals surface area contributed by atoms with Gasteiger partial charge in [0.05, 0.1) is 0 Å². The molecule has 0 radical (unpaired) electrons. The molecule has 12 nitrogen and oxygen atoms in total. The molecule has 2 aliphatic heterocycles. The second-order valence-corrected chi connectivity index (χ2v) is 16.8. The second kappa shape index (κ2) is 17.9. The number of anilines is 2. The SMILES string of the molecule is CC(C)(C)OC(=O)N[C@@H](CSSC[C@H](NC(=O)OC(C)(C)C)C(=O)N1CCN(c2ccccc2)CC1)C(=O)N1CCN(c2ccccc2)CC1. The van der Waals surface area contributed by atoms with Crippen molar-refractivity contribution >= 4 is 57.0 Å². The molecule has 2 aromatic carbocycles. The lowest BCUT2D eigenvalue weighted by Crippen LogP contribution is -2.56. The molecule has 2 fully saturated rings. The first-order valence-electron chi connectivity index (χ1n) is 17.1. The number of piperazine rings is 2. The molecule has 0 aliphatic carbocycles. The smallest absolute Gasteiger partial charge is 0.408 e. The molecule has 0 aromatic heterocycles. The van der Waals surface area contributed by atoms with E-state index in [2.05, 4.69) is 44.7 Å². The maximum absolute atomic E-state index is 13.8. The van der Waals surface area contributed by atoms with Crippen LogP contribution in [0, 0.1) is 0 Å². The number of carbonyl (C=O) groups excluding carboxylic acids is 4. The standard InChI is InChI=1S/C36H52N6O6S2/c1-35(2,3)47-33(45)37-29(31(43)41-21-17-39(18-22-41)27-13-9-7-10-14-27)25-49-50-26-30(38-34(46)48-36(4,5)6)32(44)42-23-19-40(20-24-42)28-15-11-8-12-16-28/h7-16,29-30H,17-26H2,1-6H3,(H,37,45)(H,38,46)/t29-,30-/m0/s1. The van der Waals surface area contributed by atoms with E-state index in [4.69, 9.17) is 9.47 Å². The maximum atomic E-state index is 13.8. The van der Waals surface area contributed by atoms with Crippen LogP contribution in [0.1, 0.15) is 41.5 Å². The molecule has 0 spiro atoms. The third-order valence-electron chi connectivity index (χ3n) is 7.96. The van der Waals surface area contributed by atoms with Crippen molar-refractivity contribution in [3.8, 4) is 0 Å². The molecule has 2 aliphatic rings. The number of ether oxygens (including phenoxy) is 2. The summed E-state index contributed by atoms with van der Waals surface area (Å²) in [4.78, 5) is 61.2. The Morgan fingerprint density at radius 1 is 0.580 bits per heavy atom. The zero-order valence-electron chi connectivity index (χ0n) is 30.1. The highest BCUT2D eigenvalue weighted by Gasteiger charge is 2.33. The van der Waals surface area contributed by atoms with Crippen LogP contribution in [0.15, 0.2) is 60.7 Å². The van der Waals surface area contributed by atoms with Gasteiger partial charge in [-0.2, -0.15) is 0 Å². The molecular formula is C36H52N6O6S2. The quantitative estimate of drug-likeness (QED) is 0.245. The fourth-order valence-electron chi connectivity index (χ4n) is 5.57. The summed E-state index contributed by atoms with van der Waals surface area (Å²) in [7, 11) is 2.72. The normalized spacial score (nSPS) is 16.7. The van der Waals surface area contributed by atoms with Crippen LogP contribution in [0.5, 0.6) is 0 Å². The predicted octanol–water partition coefficient (Wildman–Crippen LogP) is 4.85. The van der Waals surface area contributed by atoms with Crippen molar-refractivity contribution in [2.75, 3.05) is 73.7 Å². The number of rotatable bonds is 11. The Balaban J connectivity index is 1.37. The Hall–Kier alpha value is -3.78. The molecule has 2 atom stereocenters. The van der Waals surface area contributed by atoms with Crippen LogP contribution in [-0.2, 0) is 19.1 Å². The molecule has 0 unspecified atom stereocenters. The van der Waals surface area contributed by atoms with Gasteiger partial charge in [-0.25, -0.2) is 9.59 Å². The zero-order valence-corrected chi connectivity index (χ0v) is 31.7. The van der Waals surface area contributed by atoms with Crippen molar-refractivity contribution < 1.29 is 28.7 Å². The van der Waals surface area contributed by atoms with Crippen LogP contribution in [0.3, 0.4) is 0 Å². The van der Waals surface area contributed by atoms with Gasteiger partial charge in [-0.05, 0) is 65.8 Å². The van der Waals surface area contributed by atoms with Crippen molar-refractivity contribution in [3.05, 3.63) is 60.7 Å². The van der Waals surface area contributed by atoms with Crippen LogP contribution < -0.4 is 20.4 Å². The molecule has 14 heteroatoms. The van der Waals surface area contributed by atoms with Gasteiger partial charge >= 0.3 is 12.2 Å². The summed E-state index contributed by atoms with van der Waals surface area (Å²) in [6, 6.07) is 18.5. The molecule has 2 aromatic rings. The van der Waals surface area contributed by atoms with Crippen LogP contribution >= 0.6 is 21.6 Å². The molecule has 0 bridgehead atoms. The lowest BCUT2D eigenvalue weighted by atomic mass is 10.2. The van der Waals surface area contributed by atoms with Gasteiger partial charge in [0.15, 0.2) is 0 Å². The lowest BCUT2D eigenvalue weighted by Gasteiger charge is -2.38. The third-order valence-corrected chi connectivity index (χ3v) is 10.4. The third kappa shape index (κ3) is 12.5. The molecule has 2 N–H and O–H groups in total. The summed E-state index contributed by atoms with van der Waals surface area (Å²) in [5.41, 5.74) is 0.761. The molecular weight excluding hydrogens is 677 g/mol. The molecule has 2 saturated heterocycles. The molecule has 0 saturated carbocycles. The number of alkyl carbamates (subject to hydrolysis) is 2. The topological polar surface area (TPSA) is 124 Å². The van der Waals surface area contributed by atoms with E-state index in [1.807, 2.05) is 36.4 Å². The monoisotopic (exact) mass is 728 g/mol. The number of nitrogens with one attached hydrogen (secondary N) is 2. The van der Waals surface area contributed by atoms with Crippen LogP contribution in [0.25, 0.3) is 0 Å². The molecule has 274 valence electrons. The van der Waals surface area contributed by atoms with Gasteiger partial charge in [0.1, 0.15) is 23.3 Å². The van der Waals surface area contributed by atoms with E-state index in [0.29, 0.717) is 52.4 Å². The summed E-state index contributed by atoms with van der Waals surface area (Å²) < 4.78 is 11.0. The van der Waals surface area contributed by atoms with E-state index < -0.39 is 35.5 Å². The molecule has 4 amide bonds. The van der Waals surface area contributed by atoms with E-state index in [1.54, 1.807) is 51.3 Å². The van der Waals surface area contributed by atoms with Gasteiger partial charge in [-0.1, -0.05) is 58.0 Å². The minimum atomic E-state index is -0.843. The van der Waals surface area contributed by atoms with Gasteiger partial charge in [0.2, 0.25) is 11.8 Å². The van der Waals surface area contributed by atoms with Crippen molar-refractivity contribution in [3.63, 3.8) is 0 Å². The summed E-state index contributed by atoms with van der Waals surface area (Å²) in [6.45, 7) is 15.4. The Labute approximate surface area is 304 Å². The number of benzene rings is 2. The first-order valence-corrected chi connectivity index (χ1v) is 19.6. The minimum absolute atomic E-state index is 0.188. The highest BCUT2D eigenvalue weighted by Crippen LogP contribution is 2.26. The summed E-state index contributed by atoms with van der Waals surface area (Å²) in [6.07, 6.45) is -1.34.